The van der Waals surface area contributed by atoms with Crippen LogP contribution in [0.15, 0.2) is 24.3 Å². The molecule has 1 rings (SSSR count). The molecule has 0 heterocycles. The maximum absolute atomic E-state index is 11.1. The predicted octanol–water partition coefficient (Wildman–Crippen LogP) is 1.24. The number of nitrogens with one attached hydrogen (secondary N) is 2. The standard InChI is InChI=1S/C9H12N2O4S/c1-15-9(12)10-7-5-3-4-6-8(7)11-16(2,13)14/h3-6,11H,1-2H3,(H,10,12). The van der Waals surface area contributed by atoms with Gasteiger partial charge in [0.15, 0.2) is 0 Å². The number of rotatable bonds is 3. The average Bonchev–Trinajstić information content (AvgIpc) is 2.18. The van der Waals surface area contributed by atoms with Crippen LogP contribution < -0.4 is 10.0 Å². The molecular weight excluding hydrogens is 232 g/mol. The van der Waals surface area contributed by atoms with E-state index in [1.165, 1.54) is 13.2 Å². The Kier molecular flexibility index (Phi) is 3.73. The summed E-state index contributed by atoms with van der Waals surface area (Å²) in [7, 11) is -2.16. The second kappa shape index (κ2) is 4.84. The van der Waals surface area contributed by atoms with Gasteiger partial charge in [-0.1, -0.05) is 12.1 Å². The zero-order chi connectivity index (χ0) is 12.2. The lowest BCUT2D eigenvalue weighted by atomic mass is 10.3. The van der Waals surface area contributed by atoms with Crippen molar-refractivity contribution in [1.82, 2.24) is 0 Å². The average molecular weight is 244 g/mol. The van der Waals surface area contributed by atoms with Gasteiger partial charge in [0.25, 0.3) is 0 Å². The van der Waals surface area contributed by atoms with Gasteiger partial charge in [0.1, 0.15) is 0 Å². The maximum atomic E-state index is 11.1. The number of anilines is 2. The molecule has 0 saturated heterocycles. The van der Waals surface area contributed by atoms with Crippen molar-refractivity contribution in [2.75, 3.05) is 23.4 Å². The second-order valence-corrected chi connectivity index (χ2v) is 4.78. The molecule has 7 heteroatoms. The van der Waals surface area contributed by atoms with Crippen molar-refractivity contribution in [3.63, 3.8) is 0 Å². The van der Waals surface area contributed by atoms with Gasteiger partial charge < -0.3 is 4.74 Å². The highest BCUT2D eigenvalue weighted by Gasteiger charge is 2.09. The molecule has 0 atom stereocenters. The quantitative estimate of drug-likeness (QED) is 0.837. The Labute approximate surface area is 93.7 Å². The van der Waals surface area contributed by atoms with Crippen LogP contribution in [0.2, 0.25) is 0 Å². The number of para-hydroxylation sites is 2. The van der Waals surface area contributed by atoms with Crippen LogP contribution in [-0.2, 0) is 14.8 Å². The fourth-order valence-corrected chi connectivity index (χ4v) is 1.62. The molecule has 1 aromatic rings. The van der Waals surface area contributed by atoms with Crippen molar-refractivity contribution in [2.45, 2.75) is 0 Å². The van der Waals surface area contributed by atoms with E-state index in [9.17, 15) is 13.2 Å². The minimum Gasteiger partial charge on any atom is -0.453 e. The summed E-state index contributed by atoms with van der Waals surface area (Å²) >= 11 is 0. The molecule has 0 aliphatic rings. The second-order valence-electron chi connectivity index (χ2n) is 3.04. The fraction of sp³-hybridized carbons (Fsp3) is 0.222. The van der Waals surface area contributed by atoms with Gasteiger partial charge in [-0.05, 0) is 12.1 Å². The molecule has 0 unspecified atom stereocenters. The first kappa shape index (κ1) is 12.3. The van der Waals surface area contributed by atoms with Crippen LogP contribution in [0, 0.1) is 0 Å². The summed E-state index contributed by atoms with van der Waals surface area (Å²) in [6.45, 7) is 0. The van der Waals surface area contributed by atoms with E-state index in [0.717, 1.165) is 6.26 Å². The van der Waals surface area contributed by atoms with Crippen molar-refractivity contribution < 1.29 is 17.9 Å². The number of sulfonamides is 1. The number of hydrogen-bond acceptors (Lipinski definition) is 4. The molecule has 88 valence electrons. The first-order chi connectivity index (χ1) is 7.42. The predicted molar refractivity (Wildman–Crippen MR) is 60.9 cm³/mol. The molecule has 1 aromatic carbocycles. The Morgan fingerprint density at radius 1 is 1.25 bits per heavy atom. The molecule has 2 N–H and O–H groups in total. The van der Waals surface area contributed by atoms with Gasteiger partial charge >= 0.3 is 6.09 Å². The van der Waals surface area contributed by atoms with Gasteiger partial charge in [-0.3, -0.25) is 10.0 Å². The molecule has 1 amide bonds. The topological polar surface area (TPSA) is 84.5 Å². The summed E-state index contributed by atoms with van der Waals surface area (Å²) in [5, 5.41) is 2.39. The van der Waals surface area contributed by atoms with Crippen molar-refractivity contribution in [1.29, 1.82) is 0 Å². The maximum Gasteiger partial charge on any atom is 0.411 e. The highest BCUT2D eigenvalue weighted by atomic mass is 32.2. The molecule has 0 aliphatic heterocycles. The van der Waals surface area contributed by atoms with Crippen molar-refractivity contribution in [3.05, 3.63) is 24.3 Å². The summed E-state index contributed by atoms with van der Waals surface area (Å²) in [5.41, 5.74) is 0.621. The summed E-state index contributed by atoms with van der Waals surface area (Å²) in [6.07, 6.45) is 0.366. The summed E-state index contributed by atoms with van der Waals surface area (Å²) in [5.74, 6) is 0. The van der Waals surface area contributed by atoms with Crippen LogP contribution >= 0.6 is 0 Å². The Bertz CT molecular complexity index is 484. The Hall–Kier alpha value is -1.76. The lowest BCUT2D eigenvalue weighted by molar-refractivity contribution is 0.187. The molecule has 0 saturated carbocycles. The monoisotopic (exact) mass is 244 g/mol. The molecule has 0 aliphatic carbocycles. The number of benzene rings is 1. The highest BCUT2D eigenvalue weighted by molar-refractivity contribution is 7.92. The van der Waals surface area contributed by atoms with Gasteiger partial charge in [0, 0.05) is 0 Å². The third-order valence-electron chi connectivity index (χ3n) is 1.64. The lowest BCUT2D eigenvalue weighted by Gasteiger charge is -2.10. The van der Waals surface area contributed by atoms with Crippen LogP contribution in [0.3, 0.4) is 0 Å². The van der Waals surface area contributed by atoms with Crippen LogP contribution in [0.1, 0.15) is 0 Å². The molecule has 0 aromatic heterocycles. The molecule has 0 fully saturated rings. The van der Waals surface area contributed by atoms with Crippen LogP contribution in [0.5, 0.6) is 0 Å². The minimum absolute atomic E-state index is 0.287. The van der Waals surface area contributed by atoms with Gasteiger partial charge in [-0.15, -0.1) is 0 Å². The number of carbonyl (C=O) groups excluding carboxylic acids is 1. The zero-order valence-corrected chi connectivity index (χ0v) is 9.67. The third-order valence-corrected chi connectivity index (χ3v) is 2.24. The minimum atomic E-state index is -3.38. The molecule has 6 nitrogen and oxygen atoms in total. The van der Waals surface area contributed by atoms with Crippen LogP contribution in [0.25, 0.3) is 0 Å². The van der Waals surface area contributed by atoms with Crippen LogP contribution in [0.4, 0.5) is 16.2 Å². The Morgan fingerprint density at radius 2 is 1.81 bits per heavy atom. The molecule has 0 spiro atoms. The van der Waals surface area contributed by atoms with Crippen molar-refractivity contribution in [2.24, 2.45) is 0 Å². The smallest absolute Gasteiger partial charge is 0.411 e. The Balaban J connectivity index is 2.96. The summed E-state index contributed by atoms with van der Waals surface area (Å²) in [6, 6.07) is 6.41. The van der Waals surface area contributed by atoms with E-state index in [2.05, 4.69) is 14.8 Å². The number of methoxy groups -OCH3 is 1. The lowest BCUT2D eigenvalue weighted by Crippen LogP contribution is -2.15. The first-order valence-electron chi connectivity index (χ1n) is 4.34. The van der Waals surface area contributed by atoms with E-state index in [1.807, 2.05) is 0 Å². The molecule has 0 radical (unpaired) electrons. The first-order valence-corrected chi connectivity index (χ1v) is 6.23. The molecular formula is C9H12N2O4S. The summed E-state index contributed by atoms with van der Waals surface area (Å²) in [4.78, 5) is 11.0. The SMILES string of the molecule is COC(=O)Nc1ccccc1NS(C)(=O)=O. The van der Waals surface area contributed by atoms with Gasteiger partial charge in [-0.25, -0.2) is 13.2 Å². The number of amides is 1. The fourth-order valence-electron chi connectivity index (χ4n) is 1.04. The van der Waals surface area contributed by atoms with Gasteiger partial charge in [0.2, 0.25) is 10.0 Å². The normalized spacial score (nSPS) is 10.6. The van der Waals surface area contributed by atoms with E-state index in [0.29, 0.717) is 5.69 Å². The molecule has 16 heavy (non-hydrogen) atoms. The largest absolute Gasteiger partial charge is 0.453 e. The van der Waals surface area contributed by atoms with Crippen molar-refractivity contribution in [3.8, 4) is 0 Å². The highest BCUT2D eigenvalue weighted by Crippen LogP contribution is 2.21. The number of ether oxygens (including phenoxy) is 1. The van der Waals surface area contributed by atoms with Gasteiger partial charge in [0.05, 0.1) is 24.7 Å². The van der Waals surface area contributed by atoms with E-state index in [1.54, 1.807) is 18.2 Å². The molecule has 0 bridgehead atoms. The van der Waals surface area contributed by atoms with E-state index in [-0.39, 0.29) is 5.69 Å². The summed E-state index contributed by atoms with van der Waals surface area (Å²) < 4.78 is 28.8. The number of hydrogen-bond donors (Lipinski definition) is 2. The third kappa shape index (κ3) is 3.77. The van der Waals surface area contributed by atoms with Crippen LogP contribution in [-0.4, -0.2) is 27.9 Å². The number of carbonyl (C=O) groups is 1. The van der Waals surface area contributed by atoms with E-state index in [4.69, 9.17) is 0 Å². The van der Waals surface area contributed by atoms with E-state index < -0.39 is 16.1 Å². The van der Waals surface area contributed by atoms with Crippen molar-refractivity contribution >= 4 is 27.5 Å². The zero-order valence-electron chi connectivity index (χ0n) is 8.85. The van der Waals surface area contributed by atoms with E-state index >= 15 is 0 Å². The van der Waals surface area contributed by atoms with Gasteiger partial charge in [-0.2, -0.15) is 0 Å². The Morgan fingerprint density at radius 3 is 2.31 bits per heavy atom.